The van der Waals surface area contributed by atoms with Crippen molar-refractivity contribution in [2.75, 3.05) is 44.7 Å². The van der Waals surface area contributed by atoms with Crippen LogP contribution in [0.5, 0.6) is 0 Å². The molecular formula is C28H34N8O3S. The monoisotopic (exact) mass is 562 g/mol. The molecule has 1 aliphatic heterocycles. The van der Waals surface area contributed by atoms with E-state index in [1.54, 1.807) is 41.2 Å². The fourth-order valence-electron chi connectivity index (χ4n) is 5.01. The van der Waals surface area contributed by atoms with E-state index in [0.29, 0.717) is 47.8 Å². The number of pyridine rings is 1. The molecular weight excluding hydrogens is 528 g/mol. The molecule has 1 saturated heterocycles. The lowest BCUT2D eigenvalue weighted by atomic mass is 10.0. The van der Waals surface area contributed by atoms with Gasteiger partial charge in [-0.05, 0) is 49.2 Å². The Hall–Kier alpha value is -3.87. The van der Waals surface area contributed by atoms with Crippen LogP contribution in [0.15, 0.2) is 48.1 Å². The van der Waals surface area contributed by atoms with Crippen molar-refractivity contribution in [1.29, 1.82) is 0 Å². The summed E-state index contributed by atoms with van der Waals surface area (Å²) in [5.41, 5.74) is 3.08. The number of hydrogen-bond acceptors (Lipinski definition) is 9. The second-order valence-corrected chi connectivity index (χ2v) is 10.5. The third-order valence-electron chi connectivity index (χ3n) is 7.39. The van der Waals surface area contributed by atoms with Gasteiger partial charge in [-0.15, -0.1) is 11.3 Å². The van der Waals surface area contributed by atoms with Crippen molar-refractivity contribution in [3.63, 3.8) is 0 Å². The topological polar surface area (TPSA) is 128 Å². The van der Waals surface area contributed by atoms with Gasteiger partial charge in [0.25, 0.3) is 5.91 Å². The summed E-state index contributed by atoms with van der Waals surface area (Å²) in [5, 5.41) is 22.1. The van der Waals surface area contributed by atoms with E-state index >= 15 is 0 Å². The molecule has 12 heteroatoms. The molecule has 1 fully saturated rings. The fourth-order valence-corrected chi connectivity index (χ4v) is 5.70. The lowest BCUT2D eigenvalue weighted by molar-refractivity contribution is -0.123. The molecule has 4 aromatic heterocycles. The molecule has 2 amide bonds. The average Bonchev–Trinajstić information content (AvgIpc) is 3.64. The Balaban J connectivity index is 1.52. The number of nitrogens with zero attached hydrogens (tertiary/aromatic N) is 6. The van der Waals surface area contributed by atoms with Gasteiger partial charge in [0.05, 0.1) is 40.7 Å². The minimum Gasteiger partial charge on any atom is -0.395 e. The van der Waals surface area contributed by atoms with Crippen LogP contribution < -0.4 is 15.5 Å². The van der Waals surface area contributed by atoms with Crippen LogP contribution in [-0.2, 0) is 4.79 Å². The summed E-state index contributed by atoms with van der Waals surface area (Å²) in [5.74, 6) is 0.169. The fraction of sp³-hybridized carbons (Fsp3) is 0.393. The van der Waals surface area contributed by atoms with Crippen molar-refractivity contribution < 1.29 is 14.7 Å². The minimum absolute atomic E-state index is 0.0585. The molecule has 11 nitrogen and oxygen atoms in total. The van der Waals surface area contributed by atoms with Crippen molar-refractivity contribution >= 4 is 34.6 Å². The molecule has 0 aliphatic carbocycles. The quantitative estimate of drug-likeness (QED) is 0.254. The molecule has 0 aromatic carbocycles. The smallest absolute Gasteiger partial charge is 0.251 e. The first kappa shape index (κ1) is 27.7. The van der Waals surface area contributed by atoms with E-state index in [0.717, 1.165) is 23.7 Å². The number of rotatable bonds is 11. The van der Waals surface area contributed by atoms with Crippen LogP contribution in [0.25, 0.3) is 27.5 Å². The summed E-state index contributed by atoms with van der Waals surface area (Å²) in [7, 11) is 1.62. The van der Waals surface area contributed by atoms with Crippen LogP contribution in [0, 0.1) is 0 Å². The Labute approximate surface area is 236 Å². The van der Waals surface area contributed by atoms with Gasteiger partial charge in [-0.25, -0.2) is 14.5 Å². The van der Waals surface area contributed by atoms with Crippen molar-refractivity contribution in [2.24, 2.45) is 0 Å². The minimum atomic E-state index is -0.349. The van der Waals surface area contributed by atoms with Gasteiger partial charge in [-0.1, -0.05) is 19.9 Å². The van der Waals surface area contributed by atoms with E-state index in [1.807, 2.05) is 48.5 Å². The van der Waals surface area contributed by atoms with Gasteiger partial charge in [0.2, 0.25) is 5.91 Å². The van der Waals surface area contributed by atoms with Gasteiger partial charge < -0.3 is 20.6 Å². The lowest BCUT2D eigenvalue weighted by Crippen LogP contribution is -2.56. The number of aromatic nitrogens is 4. The number of likely N-dealkylation sites (N-methyl/N-ethyl adjacent to an activating group) is 2. The maximum Gasteiger partial charge on any atom is 0.251 e. The van der Waals surface area contributed by atoms with E-state index in [9.17, 15) is 14.7 Å². The third kappa shape index (κ3) is 5.42. The van der Waals surface area contributed by atoms with Crippen molar-refractivity contribution in [1.82, 2.24) is 35.1 Å². The second-order valence-electron chi connectivity index (χ2n) is 9.60. The predicted molar refractivity (Wildman–Crippen MR) is 155 cm³/mol. The van der Waals surface area contributed by atoms with Crippen LogP contribution >= 0.6 is 11.3 Å². The van der Waals surface area contributed by atoms with Gasteiger partial charge in [-0.3, -0.25) is 14.5 Å². The first-order valence-corrected chi connectivity index (χ1v) is 14.4. The molecule has 2 atom stereocenters. The Morgan fingerprint density at radius 3 is 2.67 bits per heavy atom. The number of aliphatic hydroxyl groups is 1. The highest BCUT2D eigenvalue weighted by molar-refractivity contribution is 7.13. The molecule has 210 valence electrons. The van der Waals surface area contributed by atoms with Gasteiger partial charge in [0, 0.05) is 31.9 Å². The lowest BCUT2D eigenvalue weighted by Gasteiger charge is -2.40. The van der Waals surface area contributed by atoms with E-state index in [2.05, 4.69) is 20.6 Å². The van der Waals surface area contributed by atoms with Crippen molar-refractivity contribution in [2.45, 2.75) is 32.4 Å². The Bertz CT molecular complexity index is 1480. The molecule has 0 radical (unpaired) electrons. The largest absolute Gasteiger partial charge is 0.395 e. The normalized spacial score (nSPS) is 15.7. The van der Waals surface area contributed by atoms with Crippen LogP contribution in [0.1, 0.15) is 30.6 Å². The SMILES string of the molecule is CCN(CC)C(CO)CNC(=O)c1cc(-c2cnn3ccc(-c4cccs4)nc23)nc(N2CCC2C(=O)NC)c1. The molecule has 5 rings (SSSR count). The predicted octanol–water partition coefficient (Wildman–Crippen LogP) is 2.28. The van der Waals surface area contributed by atoms with Crippen LogP contribution in [-0.4, -0.2) is 93.3 Å². The Morgan fingerprint density at radius 2 is 2.02 bits per heavy atom. The molecule has 0 saturated carbocycles. The van der Waals surface area contributed by atoms with E-state index in [1.165, 1.54) is 0 Å². The first-order chi connectivity index (χ1) is 19.5. The van der Waals surface area contributed by atoms with Gasteiger partial charge in [0.1, 0.15) is 11.9 Å². The van der Waals surface area contributed by atoms with E-state index in [-0.39, 0.29) is 30.5 Å². The number of aliphatic hydroxyl groups excluding tert-OH is 1. The molecule has 2 unspecified atom stereocenters. The van der Waals surface area contributed by atoms with Crippen LogP contribution in [0.3, 0.4) is 0 Å². The summed E-state index contributed by atoms with van der Waals surface area (Å²) < 4.78 is 1.69. The summed E-state index contributed by atoms with van der Waals surface area (Å²) in [6.07, 6.45) is 4.26. The number of carbonyl (C=O) groups is 2. The summed E-state index contributed by atoms with van der Waals surface area (Å²) in [4.78, 5) is 40.7. The number of nitrogens with one attached hydrogen (secondary N) is 2. The van der Waals surface area contributed by atoms with Gasteiger partial charge in [-0.2, -0.15) is 5.10 Å². The van der Waals surface area contributed by atoms with Crippen molar-refractivity contribution in [3.05, 3.63) is 53.7 Å². The van der Waals surface area contributed by atoms with E-state index in [4.69, 9.17) is 9.97 Å². The highest BCUT2D eigenvalue weighted by Gasteiger charge is 2.35. The molecule has 1 aliphatic rings. The number of amides is 2. The van der Waals surface area contributed by atoms with Gasteiger partial charge >= 0.3 is 0 Å². The van der Waals surface area contributed by atoms with E-state index < -0.39 is 0 Å². The zero-order chi connectivity index (χ0) is 28.2. The third-order valence-corrected chi connectivity index (χ3v) is 8.29. The molecule has 0 bridgehead atoms. The zero-order valence-electron chi connectivity index (χ0n) is 22.9. The Morgan fingerprint density at radius 1 is 1.20 bits per heavy atom. The number of anilines is 1. The first-order valence-electron chi connectivity index (χ1n) is 13.5. The molecule has 5 heterocycles. The zero-order valence-corrected chi connectivity index (χ0v) is 23.7. The molecule has 0 spiro atoms. The number of thiophene rings is 1. The van der Waals surface area contributed by atoms with Gasteiger partial charge in [0.15, 0.2) is 5.65 Å². The van der Waals surface area contributed by atoms with Crippen LogP contribution in [0.2, 0.25) is 0 Å². The summed E-state index contributed by atoms with van der Waals surface area (Å²) in [6.45, 7) is 6.49. The number of hydrogen-bond donors (Lipinski definition) is 3. The average molecular weight is 563 g/mol. The second kappa shape index (κ2) is 12.1. The van der Waals surface area contributed by atoms with Crippen molar-refractivity contribution in [3.8, 4) is 21.8 Å². The molecule has 4 aromatic rings. The molecule has 40 heavy (non-hydrogen) atoms. The maximum atomic E-state index is 13.4. The number of fused-ring (bicyclic) bond motifs is 1. The standard InChI is InChI=1S/C28H34N8O3S/c1-4-34(5-2)19(17-37)15-30-27(38)18-13-22(32-25(14-18)35-10-9-23(35)28(39)29-3)20-16-31-36-11-8-21(33-26(20)36)24-7-6-12-40-24/h6-8,11-14,16,19,23,37H,4-5,9-10,15,17H2,1-3H3,(H,29,39)(H,30,38). The highest BCUT2D eigenvalue weighted by Crippen LogP contribution is 2.31. The summed E-state index contributed by atoms with van der Waals surface area (Å²) >= 11 is 1.61. The molecule has 3 N–H and O–H groups in total. The Kier molecular flexibility index (Phi) is 8.38. The summed E-state index contributed by atoms with van der Waals surface area (Å²) in [6, 6.07) is 8.83. The highest BCUT2D eigenvalue weighted by atomic mass is 32.1. The maximum absolute atomic E-state index is 13.4. The number of carbonyl (C=O) groups excluding carboxylic acids is 2. The van der Waals surface area contributed by atoms with Crippen LogP contribution in [0.4, 0.5) is 5.82 Å².